The average molecular weight is 612 g/mol. The first kappa shape index (κ1) is 28.3. The number of carbonyl (C=O) groups is 1. The van der Waals surface area contributed by atoms with Crippen LogP contribution in [0.15, 0.2) is 70.3 Å². The number of anilines is 1. The number of thiophene rings is 1. The van der Waals surface area contributed by atoms with Gasteiger partial charge in [-0.2, -0.15) is 0 Å². The standard InChI is InChI=1S/C30H33N3O5S3/c1-21-10-17-39-28(21)41(35,36)33-24-9-5-8-23-18-25(32-26(23)24)27(34)31-20-29(40-19-22-6-3-2-4-7-22)11-13-30(14-12-29)37-15-16-38-30/h2-10,17-18,32-33H,11-16,19-20H2,1H3,(H,31,34). The molecule has 0 radical (unpaired) electrons. The van der Waals surface area contributed by atoms with Crippen LogP contribution in [0.2, 0.25) is 0 Å². The molecule has 41 heavy (non-hydrogen) atoms. The normalized spacial score (nSPS) is 18.1. The van der Waals surface area contributed by atoms with Gasteiger partial charge >= 0.3 is 0 Å². The number of ether oxygens (including phenoxy) is 2. The Morgan fingerprint density at radius 2 is 1.78 bits per heavy atom. The topological polar surface area (TPSA) is 110 Å². The lowest BCUT2D eigenvalue weighted by Crippen LogP contribution is -2.48. The smallest absolute Gasteiger partial charge is 0.271 e. The third kappa shape index (κ3) is 6.05. The molecule has 3 heterocycles. The quantitative estimate of drug-likeness (QED) is 0.212. The first-order valence-electron chi connectivity index (χ1n) is 13.7. The summed E-state index contributed by atoms with van der Waals surface area (Å²) >= 11 is 3.06. The summed E-state index contributed by atoms with van der Waals surface area (Å²) in [4.78, 5) is 16.6. The molecule has 1 amide bonds. The Bertz CT molecular complexity index is 1630. The molecule has 1 aliphatic heterocycles. The predicted octanol–water partition coefficient (Wildman–Crippen LogP) is 6.06. The molecule has 3 N–H and O–H groups in total. The molecule has 0 bridgehead atoms. The molecule has 2 fully saturated rings. The van der Waals surface area contributed by atoms with Gasteiger partial charge in [0.2, 0.25) is 0 Å². The van der Waals surface area contributed by atoms with Crippen molar-refractivity contribution < 1.29 is 22.7 Å². The van der Waals surface area contributed by atoms with Crippen molar-refractivity contribution >= 4 is 55.6 Å². The fourth-order valence-electron chi connectivity index (χ4n) is 5.58. The number of thioether (sulfide) groups is 1. The van der Waals surface area contributed by atoms with Crippen LogP contribution in [0.4, 0.5) is 5.69 Å². The molecular weight excluding hydrogens is 579 g/mol. The number of aryl methyl sites for hydroxylation is 1. The van der Waals surface area contributed by atoms with Crippen LogP contribution in [0.25, 0.3) is 10.9 Å². The first-order chi connectivity index (χ1) is 19.8. The molecule has 2 aromatic carbocycles. The van der Waals surface area contributed by atoms with Crippen LogP contribution in [0.3, 0.4) is 0 Å². The number of H-pyrrole nitrogens is 1. The zero-order valence-electron chi connectivity index (χ0n) is 22.8. The summed E-state index contributed by atoms with van der Waals surface area (Å²) in [7, 11) is -3.75. The lowest BCUT2D eigenvalue weighted by Gasteiger charge is -2.43. The zero-order valence-corrected chi connectivity index (χ0v) is 25.2. The van der Waals surface area contributed by atoms with Crippen LogP contribution >= 0.6 is 23.1 Å². The Hall–Kier alpha value is -2.83. The van der Waals surface area contributed by atoms with E-state index < -0.39 is 15.8 Å². The lowest BCUT2D eigenvalue weighted by atomic mass is 9.84. The summed E-state index contributed by atoms with van der Waals surface area (Å²) in [5, 5.41) is 5.68. The first-order valence-corrected chi connectivity index (χ1v) is 17.0. The highest BCUT2D eigenvalue weighted by Gasteiger charge is 2.46. The van der Waals surface area contributed by atoms with Crippen molar-refractivity contribution in [3.8, 4) is 0 Å². The number of hydrogen-bond donors (Lipinski definition) is 3. The molecule has 4 aromatic rings. The van der Waals surface area contributed by atoms with E-state index >= 15 is 0 Å². The van der Waals surface area contributed by atoms with Crippen molar-refractivity contribution in [1.29, 1.82) is 0 Å². The van der Waals surface area contributed by atoms with Gasteiger partial charge in [-0.05, 0) is 54.5 Å². The van der Waals surface area contributed by atoms with Crippen molar-refractivity contribution in [1.82, 2.24) is 10.3 Å². The third-order valence-corrected chi connectivity index (χ3v) is 12.6. The number of fused-ring (bicyclic) bond motifs is 1. The summed E-state index contributed by atoms with van der Waals surface area (Å²) in [6, 6.07) is 19.2. The van der Waals surface area contributed by atoms with Crippen LogP contribution in [-0.2, 0) is 25.2 Å². The minimum absolute atomic E-state index is 0.155. The fourth-order valence-corrected chi connectivity index (χ4v) is 9.41. The molecule has 1 aliphatic carbocycles. The Kier molecular flexibility index (Phi) is 7.90. The van der Waals surface area contributed by atoms with E-state index in [0.29, 0.717) is 42.2 Å². The third-order valence-electron chi connectivity index (χ3n) is 7.90. The average Bonchev–Trinajstić information content (AvgIpc) is 3.73. The fraction of sp³-hybridized carbons (Fsp3) is 0.367. The number of aromatic nitrogens is 1. The van der Waals surface area contributed by atoms with Crippen molar-refractivity contribution in [3.05, 3.63) is 82.9 Å². The Morgan fingerprint density at radius 3 is 2.49 bits per heavy atom. The molecule has 8 nitrogen and oxygen atoms in total. The van der Waals surface area contributed by atoms with Gasteiger partial charge in [0.25, 0.3) is 15.9 Å². The maximum Gasteiger partial charge on any atom is 0.271 e. The van der Waals surface area contributed by atoms with Crippen molar-refractivity contribution in [3.63, 3.8) is 0 Å². The maximum atomic E-state index is 13.4. The second kappa shape index (κ2) is 11.4. The van der Waals surface area contributed by atoms with Crippen molar-refractivity contribution in [2.45, 2.75) is 53.1 Å². The Labute approximate surface area is 248 Å². The predicted molar refractivity (Wildman–Crippen MR) is 164 cm³/mol. The summed E-state index contributed by atoms with van der Waals surface area (Å²) < 4.78 is 40.8. The van der Waals surface area contributed by atoms with Gasteiger partial charge in [0.05, 0.1) is 24.4 Å². The number of aromatic amines is 1. The molecule has 0 unspecified atom stereocenters. The van der Waals surface area contributed by atoms with E-state index in [1.54, 1.807) is 36.6 Å². The minimum atomic E-state index is -3.75. The zero-order chi connectivity index (χ0) is 28.5. The number of hydrogen-bond acceptors (Lipinski definition) is 7. The monoisotopic (exact) mass is 611 g/mol. The second-order valence-corrected chi connectivity index (χ2v) is 14.9. The Morgan fingerprint density at radius 1 is 1.02 bits per heavy atom. The van der Waals surface area contributed by atoms with E-state index in [9.17, 15) is 13.2 Å². The highest BCUT2D eigenvalue weighted by Crippen LogP contribution is 2.47. The Balaban J connectivity index is 1.18. The molecule has 1 saturated heterocycles. The summed E-state index contributed by atoms with van der Waals surface area (Å²) in [5.74, 6) is 0.145. The minimum Gasteiger partial charge on any atom is -0.349 e. The molecule has 1 saturated carbocycles. The second-order valence-electron chi connectivity index (χ2n) is 10.7. The number of benzene rings is 2. The van der Waals surface area contributed by atoms with E-state index in [2.05, 4.69) is 27.2 Å². The van der Waals surface area contributed by atoms with Gasteiger partial charge in [-0.1, -0.05) is 42.5 Å². The van der Waals surface area contributed by atoms with E-state index in [0.717, 1.165) is 36.8 Å². The number of para-hydroxylation sites is 1. The van der Waals surface area contributed by atoms with Crippen LogP contribution in [0, 0.1) is 6.92 Å². The SMILES string of the molecule is Cc1ccsc1S(=O)(=O)Nc1cccc2cc(C(=O)NCC3(SCc4ccccc4)CCC4(CC3)OCCO4)[nH]c12. The van der Waals surface area contributed by atoms with Gasteiger partial charge < -0.3 is 19.8 Å². The van der Waals surface area contributed by atoms with E-state index in [1.807, 2.05) is 36.0 Å². The van der Waals surface area contributed by atoms with Gasteiger partial charge in [-0.25, -0.2) is 8.42 Å². The highest BCUT2D eigenvalue weighted by atomic mass is 32.2. The molecule has 1 spiro atoms. The molecular formula is C30H33N3O5S3. The number of carbonyl (C=O) groups excluding carboxylic acids is 1. The number of nitrogens with one attached hydrogen (secondary N) is 3. The van der Waals surface area contributed by atoms with Crippen molar-refractivity contribution in [2.24, 2.45) is 0 Å². The summed E-state index contributed by atoms with van der Waals surface area (Å²) in [6.07, 6.45) is 3.33. The van der Waals surface area contributed by atoms with Crippen LogP contribution in [0.1, 0.15) is 47.3 Å². The maximum absolute atomic E-state index is 13.4. The molecule has 216 valence electrons. The molecule has 2 aliphatic rings. The van der Waals surface area contributed by atoms with E-state index in [-0.39, 0.29) is 14.9 Å². The van der Waals surface area contributed by atoms with Crippen LogP contribution in [0.5, 0.6) is 0 Å². The van der Waals surface area contributed by atoms with E-state index in [4.69, 9.17) is 9.47 Å². The van der Waals surface area contributed by atoms with Crippen LogP contribution in [-0.4, -0.2) is 49.6 Å². The van der Waals surface area contributed by atoms with Crippen molar-refractivity contribution in [2.75, 3.05) is 24.5 Å². The molecule has 0 atom stereocenters. The molecule has 6 rings (SSSR count). The highest BCUT2D eigenvalue weighted by molar-refractivity contribution is 7.99. The summed E-state index contributed by atoms with van der Waals surface area (Å²) in [6.45, 7) is 3.54. The summed E-state index contributed by atoms with van der Waals surface area (Å²) in [5.41, 5.74) is 3.30. The van der Waals surface area contributed by atoms with Gasteiger partial charge in [0.1, 0.15) is 9.90 Å². The van der Waals surface area contributed by atoms with Crippen LogP contribution < -0.4 is 10.0 Å². The van der Waals surface area contributed by atoms with Gasteiger partial charge in [-0.15, -0.1) is 23.1 Å². The largest absolute Gasteiger partial charge is 0.349 e. The molecule has 2 aromatic heterocycles. The van der Waals surface area contributed by atoms with Gasteiger partial charge in [-0.3, -0.25) is 9.52 Å². The molecule has 11 heteroatoms. The lowest BCUT2D eigenvalue weighted by molar-refractivity contribution is -0.179. The van der Waals surface area contributed by atoms with Gasteiger partial charge in [0.15, 0.2) is 5.79 Å². The number of rotatable bonds is 9. The van der Waals surface area contributed by atoms with E-state index in [1.165, 1.54) is 16.9 Å². The van der Waals surface area contributed by atoms with Gasteiger partial charge in [0, 0.05) is 35.3 Å². The number of sulfonamides is 1. The number of amides is 1.